The van der Waals surface area contributed by atoms with Gasteiger partial charge >= 0.3 is 0 Å². The van der Waals surface area contributed by atoms with Crippen LogP contribution in [-0.2, 0) is 9.59 Å². The lowest BCUT2D eigenvalue weighted by Gasteiger charge is -2.37. The maximum Gasteiger partial charge on any atom is 0.250 e. The van der Waals surface area contributed by atoms with E-state index in [1.807, 2.05) is 31.2 Å². The summed E-state index contributed by atoms with van der Waals surface area (Å²) in [6, 6.07) is 7.78. The molecule has 2 aliphatic rings. The minimum absolute atomic E-state index is 0.0225. The average Bonchev–Trinajstić information content (AvgIpc) is 3.17. The number of hydrogen-bond donors (Lipinski definition) is 2. The van der Waals surface area contributed by atoms with Gasteiger partial charge in [0.25, 0.3) is 0 Å². The molecule has 0 unspecified atom stereocenters. The summed E-state index contributed by atoms with van der Waals surface area (Å²) in [6.45, 7) is 10.4. The van der Waals surface area contributed by atoms with Gasteiger partial charge in [-0.05, 0) is 56.6 Å². The van der Waals surface area contributed by atoms with Gasteiger partial charge in [-0.15, -0.1) is 0 Å². The van der Waals surface area contributed by atoms with Crippen molar-refractivity contribution < 1.29 is 9.59 Å². The number of anilines is 1. The average molecular weight is 383 g/mol. The smallest absolute Gasteiger partial charge is 0.250 e. The first-order chi connectivity index (χ1) is 13.2. The van der Waals surface area contributed by atoms with Gasteiger partial charge in [-0.25, -0.2) is 0 Å². The van der Waals surface area contributed by atoms with Crippen LogP contribution in [0.3, 0.4) is 0 Å². The highest BCUT2D eigenvalue weighted by molar-refractivity contribution is 6.01. The highest BCUT2D eigenvalue weighted by atomic mass is 16.2. The maximum absolute atomic E-state index is 13.3. The number of carbonyl (C=O) groups is 2. The van der Waals surface area contributed by atoms with E-state index < -0.39 is 5.54 Å². The molecule has 0 spiro atoms. The molecule has 1 aromatic rings. The minimum atomic E-state index is -0.800. The van der Waals surface area contributed by atoms with E-state index in [0.29, 0.717) is 12.8 Å². The van der Waals surface area contributed by atoms with Crippen LogP contribution >= 0.6 is 0 Å². The first kappa shape index (κ1) is 20.6. The van der Waals surface area contributed by atoms with E-state index in [9.17, 15) is 9.59 Å². The van der Waals surface area contributed by atoms with Gasteiger partial charge in [0.1, 0.15) is 5.54 Å². The molecule has 0 heterocycles. The van der Waals surface area contributed by atoms with Gasteiger partial charge in [-0.3, -0.25) is 9.59 Å². The molecule has 2 N–H and O–H groups in total. The lowest BCUT2D eigenvalue weighted by molar-refractivity contribution is -0.133. The Hall–Kier alpha value is -2.10. The van der Waals surface area contributed by atoms with Gasteiger partial charge in [0.05, 0.1) is 5.92 Å². The zero-order valence-electron chi connectivity index (χ0n) is 17.9. The van der Waals surface area contributed by atoms with Gasteiger partial charge in [-0.1, -0.05) is 63.0 Å². The normalized spacial score (nSPS) is 24.8. The third kappa shape index (κ3) is 4.01. The molecule has 0 bridgehead atoms. The molecule has 28 heavy (non-hydrogen) atoms. The zero-order valence-corrected chi connectivity index (χ0v) is 17.9. The molecule has 4 heteroatoms. The zero-order chi connectivity index (χ0) is 20.5. The van der Waals surface area contributed by atoms with Crippen LogP contribution in [0.25, 0.3) is 0 Å². The molecule has 2 fully saturated rings. The van der Waals surface area contributed by atoms with E-state index in [1.54, 1.807) is 0 Å². The van der Waals surface area contributed by atoms with Crippen LogP contribution < -0.4 is 10.6 Å². The summed E-state index contributed by atoms with van der Waals surface area (Å²) < 4.78 is 0. The van der Waals surface area contributed by atoms with Crippen molar-refractivity contribution in [1.29, 1.82) is 0 Å². The Labute approximate surface area is 169 Å². The summed E-state index contributed by atoms with van der Waals surface area (Å²) in [4.78, 5) is 26.5. The van der Waals surface area contributed by atoms with Crippen LogP contribution in [-0.4, -0.2) is 17.4 Å². The molecule has 0 aromatic heterocycles. The molecule has 2 saturated carbocycles. The molecule has 4 nitrogen and oxygen atoms in total. The quantitative estimate of drug-likeness (QED) is 0.705. The molecular formula is C24H34N2O2. The predicted molar refractivity (Wildman–Crippen MR) is 114 cm³/mol. The fraction of sp³-hybridized carbons (Fsp3) is 0.583. The number of allylic oxidation sites excluding steroid dienone is 2. The third-order valence-electron chi connectivity index (χ3n) is 6.60. The summed E-state index contributed by atoms with van der Waals surface area (Å²) in [5.74, 6) is 0.131. The van der Waals surface area contributed by atoms with Crippen molar-refractivity contribution in [3.8, 4) is 0 Å². The number of benzene rings is 1. The standard InChI is InChI=1S/C24H34N2O2/c1-16(2)15-18-20(23(18,4)5)21(27)26-24(13-9-6-10-14-24)22(28)25-19-12-8-7-11-17(19)3/h7-8,11-12,15,18,20H,6,9-10,13-14H2,1-5H3,(H,25,28)(H,26,27)/t18-,20+/m1/s1. The lowest BCUT2D eigenvalue weighted by atomic mass is 9.80. The second-order valence-corrected chi connectivity index (χ2v) is 9.47. The van der Waals surface area contributed by atoms with Crippen molar-refractivity contribution in [2.45, 2.75) is 72.3 Å². The first-order valence-electron chi connectivity index (χ1n) is 10.5. The van der Waals surface area contributed by atoms with E-state index in [0.717, 1.165) is 30.5 Å². The third-order valence-corrected chi connectivity index (χ3v) is 6.60. The molecule has 2 atom stereocenters. The summed E-state index contributed by atoms with van der Waals surface area (Å²) in [5.41, 5.74) is 2.23. The maximum atomic E-state index is 13.3. The lowest BCUT2D eigenvalue weighted by Crippen LogP contribution is -2.58. The van der Waals surface area contributed by atoms with E-state index in [4.69, 9.17) is 0 Å². The molecule has 1 aromatic carbocycles. The fourth-order valence-corrected chi connectivity index (χ4v) is 4.68. The topological polar surface area (TPSA) is 58.2 Å². The number of aryl methyl sites for hydroxylation is 1. The summed E-state index contributed by atoms with van der Waals surface area (Å²) in [7, 11) is 0. The van der Waals surface area contributed by atoms with Gasteiger partial charge in [0, 0.05) is 5.69 Å². The Balaban J connectivity index is 1.78. The Kier molecular flexibility index (Phi) is 5.69. The van der Waals surface area contributed by atoms with Crippen molar-refractivity contribution in [2.75, 3.05) is 5.32 Å². The van der Waals surface area contributed by atoms with Crippen molar-refractivity contribution in [1.82, 2.24) is 5.32 Å². The molecule has 152 valence electrons. The number of rotatable bonds is 5. The van der Waals surface area contributed by atoms with Gasteiger partial charge in [-0.2, -0.15) is 0 Å². The SMILES string of the molecule is CC(C)=C[C@@H]1[C@@H](C(=O)NC2(C(=O)Nc3ccccc3C)CCCCC2)C1(C)C. The van der Waals surface area contributed by atoms with Crippen molar-refractivity contribution in [2.24, 2.45) is 17.3 Å². The van der Waals surface area contributed by atoms with Crippen LogP contribution in [0.5, 0.6) is 0 Å². The molecule has 2 amide bonds. The van der Waals surface area contributed by atoms with Gasteiger partial charge in [0.15, 0.2) is 0 Å². The summed E-state index contributed by atoms with van der Waals surface area (Å²) >= 11 is 0. The number of para-hydroxylation sites is 1. The fourth-order valence-electron chi connectivity index (χ4n) is 4.68. The van der Waals surface area contributed by atoms with E-state index in [-0.39, 0.29) is 29.1 Å². The first-order valence-corrected chi connectivity index (χ1v) is 10.5. The molecule has 2 aliphatic carbocycles. The Morgan fingerprint density at radius 3 is 2.32 bits per heavy atom. The Bertz CT molecular complexity index is 784. The second-order valence-electron chi connectivity index (χ2n) is 9.47. The minimum Gasteiger partial charge on any atom is -0.341 e. The van der Waals surface area contributed by atoms with Crippen LogP contribution in [0, 0.1) is 24.2 Å². The largest absolute Gasteiger partial charge is 0.341 e. The van der Waals surface area contributed by atoms with E-state index in [2.05, 4.69) is 44.4 Å². The Morgan fingerprint density at radius 2 is 1.71 bits per heavy atom. The van der Waals surface area contributed by atoms with Crippen molar-refractivity contribution in [3.05, 3.63) is 41.5 Å². The predicted octanol–water partition coefficient (Wildman–Crippen LogP) is 4.99. The monoisotopic (exact) mass is 382 g/mol. The number of amides is 2. The molecule has 0 saturated heterocycles. The molecule has 0 radical (unpaired) electrons. The van der Waals surface area contributed by atoms with Crippen LogP contribution in [0.1, 0.15) is 65.4 Å². The highest BCUT2D eigenvalue weighted by Gasteiger charge is 2.61. The molecular weight excluding hydrogens is 348 g/mol. The second kappa shape index (κ2) is 7.73. The van der Waals surface area contributed by atoms with E-state index in [1.165, 1.54) is 5.57 Å². The van der Waals surface area contributed by atoms with Crippen LogP contribution in [0.2, 0.25) is 0 Å². The van der Waals surface area contributed by atoms with Gasteiger partial charge < -0.3 is 10.6 Å². The van der Waals surface area contributed by atoms with Gasteiger partial charge in [0.2, 0.25) is 11.8 Å². The van der Waals surface area contributed by atoms with Crippen LogP contribution in [0.4, 0.5) is 5.69 Å². The number of carbonyl (C=O) groups excluding carboxylic acids is 2. The Morgan fingerprint density at radius 1 is 1.07 bits per heavy atom. The molecule has 3 rings (SSSR count). The summed E-state index contributed by atoms with van der Waals surface area (Å²) in [5, 5.41) is 6.30. The summed E-state index contributed by atoms with van der Waals surface area (Å²) in [6.07, 6.45) is 6.66. The van der Waals surface area contributed by atoms with Crippen LogP contribution in [0.15, 0.2) is 35.9 Å². The van der Waals surface area contributed by atoms with Crippen molar-refractivity contribution >= 4 is 17.5 Å². The molecule has 0 aliphatic heterocycles. The number of hydrogen-bond acceptors (Lipinski definition) is 2. The highest BCUT2D eigenvalue weighted by Crippen LogP contribution is 2.59. The number of nitrogens with one attached hydrogen (secondary N) is 2. The van der Waals surface area contributed by atoms with E-state index >= 15 is 0 Å². The van der Waals surface area contributed by atoms with Crippen molar-refractivity contribution in [3.63, 3.8) is 0 Å².